The number of carbonyl (C=O) groups is 1. The smallest absolute Gasteiger partial charge is 0.228 e. The van der Waals surface area contributed by atoms with E-state index in [4.69, 9.17) is 4.52 Å². The van der Waals surface area contributed by atoms with Crippen molar-refractivity contribution in [2.24, 2.45) is 0 Å². The quantitative estimate of drug-likeness (QED) is 0.859. The molecular weight excluding hydrogens is 218 g/mol. The minimum absolute atomic E-state index is 0.116. The van der Waals surface area contributed by atoms with Gasteiger partial charge in [-0.3, -0.25) is 4.79 Å². The topological polar surface area (TPSA) is 68.0 Å². The van der Waals surface area contributed by atoms with Crippen molar-refractivity contribution in [3.63, 3.8) is 0 Å². The molecule has 1 aromatic heterocycles. The summed E-state index contributed by atoms with van der Waals surface area (Å²) in [6, 6.07) is 9.72. The van der Waals surface area contributed by atoms with E-state index in [1.165, 1.54) is 0 Å². The van der Waals surface area contributed by atoms with Crippen molar-refractivity contribution < 1.29 is 9.32 Å². The van der Waals surface area contributed by atoms with Gasteiger partial charge in [0, 0.05) is 13.5 Å². The first-order chi connectivity index (χ1) is 8.24. The minimum Gasteiger partial charge on any atom is -0.352 e. The summed E-state index contributed by atoms with van der Waals surface area (Å²) in [6.45, 7) is 2.20. The molecule has 1 N–H and O–H groups in total. The van der Waals surface area contributed by atoms with Crippen LogP contribution in [0.5, 0.6) is 0 Å². The summed E-state index contributed by atoms with van der Waals surface area (Å²) in [7, 11) is 0. The Morgan fingerprint density at radius 2 is 2.12 bits per heavy atom. The molecule has 5 heteroatoms. The van der Waals surface area contributed by atoms with Crippen molar-refractivity contribution in [3.8, 4) is 0 Å². The van der Waals surface area contributed by atoms with Gasteiger partial charge < -0.3 is 9.84 Å². The van der Waals surface area contributed by atoms with Crippen LogP contribution in [0.25, 0.3) is 0 Å². The second kappa shape index (κ2) is 5.25. The Hall–Kier alpha value is -2.17. The van der Waals surface area contributed by atoms with Gasteiger partial charge in [-0.1, -0.05) is 35.5 Å². The van der Waals surface area contributed by atoms with Crippen LogP contribution in [-0.2, 0) is 17.8 Å². The van der Waals surface area contributed by atoms with Crippen molar-refractivity contribution in [3.05, 3.63) is 47.6 Å². The Morgan fingerprint density at radius 1 is 1.35 bits per heavy atom. The molecule has 5 nitrogen and oxygen atoms in total. The highest BCUT2D eigenvalue weighted by molar-refractivity contribution is 5.77. The maximum absolute atomic E-state index is 11.6. The first-order valence-electron chi connectivity index (χ1n) is 5.34. The minimum atomic E-state index is -0.116. The number of amides is 1. The molecule has 0 atom stereocenters. The summed E-state index contributed by atoms with van der Waals surface area (Å²) >= 11 is 0. The van der Waals surface area contributed by atoms with Gasteiger partial charge in [-0.2, -0.15) is 4.98 Å². The Morgan fingerprint density at radius 3 is 2.76 bits per heavy atom. The Balaban J connectivity index is 1.82. The van der Waals surface area contributed by atoms with E-state index in [9.17, 15) is 4.79 Å². The van der Waals surface area contributed by atoms with Crippen LogP contribution in [-0.4, -0.2) is 16.0 Å². The largest absolute Gasteiger partial charge is 0.352 e. The van der Waals surface area contributed by atoms with Gasteiger partial charge in [0.2, 0.25) is 11.8 Å². The average Bonchev–Trinajstić information content (AvgIpc) is 2.73. The standard InChI is InChI=1S/C12H13N3O2/c1-9-14-11(15-17-9)7-12(16)13-8-10-5-3-2-4-6-10/h2-6H,7-8H2,1H3,(H,13,16). The molecule has 0 radical (unpaired) electrons. The van der Waals surface area contributed by atoms with Crippen LogP contribution in [0.2, 0.25) is 0 Å². The predicted octanol–water partition coefficient (Wildman–Crippen LogP) is 1.24. The number of hydrogen-bond donors (Lipinski definition) is 1. The number of nitrogens with one attached hydrogen (secondary N) is 1. The van der Waals surface area contributed by atoms with Gasteiger partial charge in [-0.25, -0.2) is 0 Å². The summed E-state index contributed by atoms with van der Waals surface area (Å²) in [4.78, 5) is 15.5. The summed E-state index contributed by atoms with van der Waals surface area (Å²) in [5.41, 5.74) is 1.06. The van der Waals surface area contributed by atoms with Crippen LogP contribution in [0.15, 0.2) is 34.9 Å². The van der Waals surface area contributed by atoms with Crippen molar-refractivity contribution in [2.45, 2.75) is 19.9 Å². The highest BCUT2D eigenvalue weighted by Gasteiger charge is 2.08. The molecule has 0 aliphatic heterocycles. The molecule has 0 saturated heterocycles. The molecule has 0 aliphatic rings. The Bertz CT molecular complexity index is 493. The lowest BCUT2D eigenvalue weighted by molar-refractivity contribution is -0.120. The fourth-order valence-corrected chi connectivity index (χ4v) is 1.42. The van der Waals surface area contributed by atoms with Gasteiger partial charge >= 0.3 is 0 Å². The number of nitrogens with zero attached hydrogens (tertiary/aromatic N) is 2. The fourth-order valence-electron chi connectivity index (χ4n) is 1.42. The lowest BCUT2D eigenvalue weighted by Crippen LogP contribution is -2.24. The zero-order valence-electron chi connectivity index (χ0n) is 9.51. The van der Waals surface area contributed by atoms with Crippen LogP contribution in [0.3, 0.4) is 0 Å². The van der Waals surface area contributed by atoms with E-state index in [-0.39, 0.29) is 12.3 Å². The highest BCUT2D eigenvalue weighted by atomic mass is 16.5. The molecule has 0 saturated carbocycles. The number of aromatic nitrogens is 2. The lowest BCUT2D eigenvalue weighted by Gasteiger charge is -2.03. The summed E-state index contributed by atoms with van der Waals surface area (Å²) < 4.78 is 4.79. The maximum atomic E-state index is 11.6. The van der Waals surface area contributed by atoms with E-state index in [1.807, 2.05) is 30.3 Å². The predicted molar refractivity (Wildman–Crippen MR) is 61.0 cm³/mol. The number of rotatable bonds is 4. The van der Waals surface area contributed by atoms with E-state index >= 15 is 0 Å². The van der Waals surface area contributed by atoms with Gasteiger partial charge in [0.15, 0.2) is 5.82 Å². The van der Waals surface area contributed by atoms with E-state index in [0.29, 0.717) is 18.3 Å². The first kappa shape index (κ1) is 11.3. The molecule has 88 valence electrons. The Kier molecular flexibility index (Phi) is 3.49. The second-order valence-corrected chi connectivity index (χ2v) is 3.67. The molecule has 1 heterocycles. The molecule has 0 fully saturated rings. The van der Waals surface area contributed by atoms with Gasteiger partial charge in [0.1, 0.15) is 0 Å². The molecule has 17 heavy (non-hydrogen) atoms. The van der Waals surface area contributed by atoms with Crippen molar-refractivity contribution in [2.75, 3.05) is 0 Å². The molecule has 0 spiro atoms. The van der Waals surface area contributed by atoms with E-state index < -0.39 is 0 Å². The molecule has 2 rings (SSSR count). The fraction of sp³-hybridized carbons (Fsp3) is 0.250. The summed E-state index contributed by atoms with van der Waals surface area (Å²) in [6.07, 6.45) is 0.143. The molecule has 1 amide bonds. The maximum Gasteiger partial charge on any atom is 0.228 e. The molecule has 1 aromatic carbocycles. The summed E-state index contributed by atoms with van der Waals surface area (Å²) in [5, 5.41) is 6.46. The van der Waals surface area contributed by atoms with E-state index in [1.54, 1.807) is 6.92 Å². The highest BCUT2D eigenvalue weighted by Crippen LogP contribution is 1.99. The third kappa shape index (κ3) is 3.41. The van der Waals surface area contributed by atoms with Gasteiger partial charge in [-0.15, -0.1) is 0 Å². The first-order valence-corrected chi connectivity index (χ1v) is 5.34. The third-order valence-electron chi connectivity index (χ3n) is 2.22. The zero-order valence-corrected chi connectivity index (χ0v) is 9.51. The van der Waals surface area contributed by atoms with Crippen molar-refractivity contribution in [1.82, 2.24) is 15.5 Å². The van der Waals surface area contributed by atoms with E-state index in [2.05, 4.69) is 15.5 Å². The summed E-state index contributed by atoms with van der Waals surface area (Å²) in [5.74, 6) is 0.763. The third-order valence-corrected chi connectivity index (χ3v) is 2.22. The van der Waals surface area contributed by atoms with Gasteiger partial charge in [-0.05, 0) is 5.56 Å². The van der Waals surface area contributed by atoms with Crippen LogP contribution in [0, 0.1) is 6.92 Å². The number of benzene rings is 1. The molecule has 0 aliphatic carbocycles. The van der Waals surface area contributed by atoms with E-state index in [0.717, 1.165) is 5.56 Å². The van der Waals surface area contributed by atoms with Gasteiger partial charge in [0.25, 0.3) is 0 Å². The zero-order chi connectivity index (χ0) is 12.1. The molecule has 2 aromatic rings. The van der Waals surface area contributed by atoms with Crippen molar-refractivity contribution in [1.29, 1.82) is 0 Å². The SMILES string of the molecule is Cc1nc(CC(=O)NCc2ccccc2)no1. The average molecular weight is 231 g/mol. The second-order valence-electron chi connectivity index (χ2n) is 3.67. The monoisotopic (exact) mass is 231 g/mol. The number of hydrogen-bond acceptors (Lipinski definition) is 4. The van der Waals surface area contributed by atoms with Crippen LogP contribution < -0.4 is 5.32 Å². The number of carbonyl (C=O) groups excluding carboxylic acids is 1. The molecule has 0 bridgehead atoms. The van der Waals surface area contributed by atoms with Gasteiger partial charge in [0.05, 0.1) is 6.42 Å². The lowest BCUT2D eigenvalue weighted by atomic mass is 10.2. The van der Waals surface area contributed by atoms with Crippen molar-refractivity contribution >= 4 is 5.91 Å². The van der Waals surface area contributed by atoms with Crippen LogP contribution in [0.1, 0.15) is 17.3 Å². The number of aryl methyl sites for hydroxylation is 1. The molecule has 0 unspecified atom stereocenters. The Labute approximate surface area is 98.8 Å². The normalized spacial score (nSPS) is 10.2. The van der Waals surface area contributed by atoms with Crippen LogP contribution >= 0.6 is 0 Å². The van der Waals surface area contributed by atoms with Crippen LogP contribution in [0.4, 0.5) is 0 Å². The molecular formula is C12H13N3O2.